The van der Waals surface area contributed by atoms with Gasteiger partial charge in [0.25, 0.3) is 0 Å². The lowest BCUT2D eigenvalue weighted by molar-refractivity contribution is 0.323. The molecule has 4 nitrogen and oxygen atoms in total. The van der Waals surface area contributed by atoms with E-state index in [0.717, 1.165) is 41.8 Å². The van der Waals surface area contributed by atoms with E-state index in [2.05, 4.69) is 39.8 Å². The summed E-state index contributed by atoms with van der Waals surface area (Å²) < 4.78 is 0. The van der Waals surface area contributed by atoms with Gasteiger partial charge < -0.3 is 9.88 Å². The molecule has 0 aromatic carbocycles. The van der Waals surface area contributed by atoms with Crippen LogP contribution >= 0.6 is 0 Å². The molecule has 0 bridgehead atoms. The predicted octanol–water partition coefficient (Wildman–Crippen LogP) is 2.44. The van der Waals surface area contributed by atoms with E-state index in [-0.39, 0.29) is 0 Å². The summed E-state index contributed by atoms with van der Waals surface area (Å²) in [6.45, 7) is 6.86. The van der Waals surface area contributed by atoms with Crippen molar-refractivity contribution in [1.82, 2.24) is 15.0 Å². The average molecular weight is 230 g/mol. The molecule has 1 saturated heterocycles. The first-order chi connectivity index (χ1) is 8.25. The fourth-order valence-electron chi connectivity index (χ4n) is 2.57. The lowest BCUT2D eigenvalue weighted by Crippen LogP contribution is -2.38. The van der Waals surface area contributed by atoms with Crippen molar-refractivity contribution in [2.45, 2.75) is 20.3 Å². The van der Waals surface area contributed by atoms with Gasteiger partial charge in [-0.15, -0.1) is 0 Å². The number of hydrogen-bond donors (Lipinski definition) is 1. The highest BCUT2D eigenvalue weighted by Gasteiger charge is 2.24. The van der Waals surface area contributed by atoms with Gasteiger partial charge in [0.2, 0.25) is 0 Å². The number of fused-ring (bicyclic) bond motifs is 1. The molecule has 4 heteroatoms. The van der Waals surface area contributed by atoms with Crippen molar-refractivity contribution in [2.75, 3.05) is 18.0 Å². The van der Waals surface area contributed by atoms with Gasteiger partial charge in [0, 0.05) is 19.3 Å². The molecule has 2 unspecified atom stereocenters. The molecule has 1 fully saturated rings. The zero-order chi connectivity index (χ0) is 11.8. The Kier molecular flexibility index (Phi) is 2.50. The van der Waals surface area contributed by atoms with Crippen LogP contribution in [0, 0.1) is 11.8 Å². The van der Waals surface area contributed by atoms with E-state index in [9.17, 15) is 0 Å². The van der Waals surface area contributed by atoms with Crippen LogP contribution in [-0.2, 0) is 0 Å². The van der Waals surface area contributed by atoms with Gasteiger partial charge in [-0.3, -0.25) is 0 Å². The topological polar surface area (TPSA) is 44.8 Å². The van der Waals surface area contributed by atoms with Gasteiger partial charge in [-0.1, -0.05) is 13.8 Å². The van der Waals surface area contributed by atoms with Gasteiger partial charge in [0.15, 0.2) is 0 Å². The number of hydrogen-bond acceptors (Lipinski definition) is 3. The van der Waals surface area contributed by atoms with E-state index in [4.69, 9.17) is 0 Å². The third-order valence-corrected chi connectivity index (χ3v) is 3.97. The van der Waals surface area contributed by atoms with Crippen LogP contribution in [0.4, 0.5) is 5.82 Å². The van der Waals surface area contributed by atoms with Crippen LogP contribution < -0.4 is 4.90 Å². The Morgan fingerprint density at radius 3 is 3.00 bits per heavy atom. The van der Waals surface area contributed by atoms with Crippen molar-refractivity contribution < 1.29 is 0 Å². The maximum Gasteiger partial charge on any atom is 0.142 e. The molecule has 1 N–H and O–H groups in total. The second-order valence-electron chi connectivity index (χ2n) is 5.13. The van der Waals surface area contributed by atoms with E-state index in [1.54, 1.807) is 6.33 Å². The second-order valence-corrected chi connectivity index (χ2v) is 5.13. The Labute approximate surface area is 101 Å². The smallest absolute Gasteiger partial charge is 0.142 e. The number of anilines is 1. The first-order valence-electron chi connectivity index (χ1n) is 6.28. The molecule has 0 saturated carbocycles. The van der Waals surface area contributed by atoms with E-state index >= 15 is 0 Å². The minimum atomic E-state index is 0.729. The van der Waals surface area contributed by atoms with Gasteiger partial charge in [0.1, 0.15) is 17.8 Å². The summed E-state index contributed by atoms with van der Waals surface area (Å²) in [6, 6.07) is 2.06. The van der Waals surface area contributed by atoms with Crippen LogP contribution in [0.2, 0.25) is 0 Å². The number of aromatic nitrogens is 3. The Balaban J connectivity index is 1.96. The molecule has 2 aromatic rings. The summed E-state index contributed by atoms with van der Waals surface area (Å²) >= 11 is 0. The van der Waals surface area contributed by atoms with Gasteiger partial charge in [-0.25, -0.2) is 9.97 Å². The van der Waals surface area contributed by atoms with Crippen molar-refractivity contribution in [1.29, 1.82) is 0 Å². The van der Waals surface area contributed by atoms with Crippen LogP contribution in [0.3, 0.4) is 0 Å². The highest BCUT2D eigenvalue weighted by molar-refractivity contribution is 5.87. The molecular weight excluding hydrogens is 212 g/mol. The van der Waals surface area contributed by atoms with E-state index in [1.807, 2.05) is 6.20 Å². The summed E-state index contributed by atoms with van der Waals surface area (Å²) in [7, 11) is 0. The highest BCUT2D eigenvalue weighted by atomic mass is 15.2. The molecular formula is C13H18N4. The normalized spacial score (nSPS) is 25.4. The summed E-state index contributed by atoms with van der Waals surface area (Å²) in [5.74, 6) is 2.62. The van der Waals surface area contributed by atoms with Crippen LogP contribution in [0.5, 0.6) is 0 Å². The molecule has 3 heterocycles. The highest BCUT2D eigenvalue weighted by Crippen LogP contribution is 2.29. The lowest BCUT2D eigenvalue weighted by atomic mass is 9.88. The van der Waals surface area contributed by atoms with Crippen LogP contribution in [0.15, 0.2) is 18.6 Å². The predicted molar refractivity (Wildman–Crippen MR) is 69.0 cm³/mol. The first-order valence-corrected chi connectivity index (χ1v) is 6.28. The van der Waals surface area contributed by atoms with E-state index < -0.39 is 0 Å². The fourth-order valence-corrected chi connectivity index (χ4v) is 2.57. The Bertz CT molecular complexity index is 519. The average Bonchev–Trinajstić information content (AvgIpc) is 2.80. The number of rotatable bonds is 1. The second kappa shape index (κ2) is 4.02. The van der Waals surface area contributed by atoms with E-state index in [0.29, 0.717) is 0 Å². The fraction of sp³-hybridized carbons (Fsp3) is 0.538. The van der Waals surface area contributed by atoms with Crippen molar-refractivity contribution in [3.63, 3.8) is 0 Å². The van der Waals surface area contributed by atoms with Crippen molar-refractivity contribution in [2.24, 2.45) is 11.8 Å². The number of aromatic amines is 1. The molecule has 90 valence electrons. The van der Waals surface area contributed by atoms with Crippen molar-refractivity contribution >= 4 is 16.9 Å². The molecule has 2 atom stereocenters. The number of nitrogens with one attached hydrogen (secondary N) is 1. The van der Waals surface area contributed by atoms with Crippen LogP contribution in [0.1, 0.15) is 20.3 Å². The standard InChI is InChI=1S/C13H18N4/c1-9-4-6-17(7-10(9)2)13-11-3-5-14-12(11)15-8-16-13/h3,5,8-10H,4,6-7H2,1-2H3,(H,14,15,16). The van der Waals surface area contributed by atoms with Crippen molar-refractivity contribution in [3.05, 3.63) is 18.6 Å². The van der Waals surface area contributed by atoms with Gasteiger partial charge in [0.05, 0.1) is 5.39 Å². The van der Waals surface area contributed by atoms with Crippen LogP contribution in [-0.4, -0.2) is 28.0 Å². The van der Waals surface area contributed by atoms with Crippen LogP contribution in [0.25, 0.3) is 11.0 Å². The molecule has 1 aliphatic rings. The molecule has 0 radical (unpaired) electrons. The Morgan fingerprint density at radius 1 is 1.29 bits per heavy atom. The monoisotopic (exact) mass is 230 g/mol. The summed E-state index contributed by atoms with van der Waals surface area (Å²) in [6.07, 6.45) is 4.83. The Hall–Kier alpha value is -1.58. The minimum Gasteiger partial charge on any atom is -0.356 e. The molecule has 0 spiro atoms. The molecule has 3 rings (SSSR count). The maximum atomic E-state index is 4.46. The minimum absolute atomic E-state index is 0.729. The molecule has 1 aliphatic heterocycles. The number of H-pyrrole nitrogens is 1. The quantitative estimate of drug-likeness (QED) is 0.818. The number of piperidine rings is 1. The van der Waals surface area contributed by atoms with Gasteiger partial charge >= 0.3 is 0 Å². The zero-order valence-corrected chi connectivity index (χ0v) is 10.3. The SMILES string of the molecule is CC1CCN(c2ncnc3[nH]ccc23)CC1C. The summed E-state index contributed by atoms with van der Waals surface area (Å²) in [5.41, 5.74) is 0.932. The maximum absolute atomic E-state index is 4.46. The Morgan fingerprint density at radius 2 is 2.18 bits per heavy atom. The summed E-state index contributed by atoms with van der Waals surface area (Å²) in [4.78, 5) is 14.2. The lowest BCUT2D eigenvalue weighted by Gasteiger charge is -2.36. The van der Waals surface area contributed by atoms with Crippen molar-refractivity contribution in [3.8, 4) is 0 Å². The third kappa shape index (κ3) is 1.77. The molecule has 2 aromatic heterocycles. The third-order valence-electron chi connectivity index (χ3n) is 3.97. The largest absolute Gasteiger partial charge is 0.356 e. The van der Waals surface area contributed by atoms with Gasteiger partial charge in [-0.2, -0.15) is 0 Å². The summed E-state index contributed by atoms with van der Waals surface area (Å²) in [5, 5.41) is 1.13. The molecule has 17 heavy (non-hydrogen) atoms. The molecule has 0 amide bonds. The first kappa shape index (κ1) is 10.6. The van der Waals surface area contributed by atoms with E-state index in [1.165, 1.54) is 6.42 Å². The van der Waals surface area contributed by atoms with Gasteiger partial charge in [-0.05, 0) is 24.3 Å². The number of nitrogens with zero attached hydrogens (tertiary/aromatic N) is 3. The molecule has 0 aliphatic carbocycles. The zero-order valence-electron chi connectivity index (χ0n) is 10.3.